The van der Waals surface area contributed by atoms with Crippen molar-refractivity contribution in [3.8, 4) is 0 Å². The van der Waals surface area contributed by atoms with E-state index in [1.54, 1.807) is 4.90 Å². The third-order valence-corrected chi connectivity index (χ3v) is 5.33. The molecule has 4 nitrogen and oxygen atoms in total. The number of nitrogens with zero attached hydrogens (tertiary/aromatic N) is 2. The molecule has 2 fully saturated rings. The van der Waals surface area contributed by atoms with Gasteiger partial charge in [-0.1, -0.05) is 18.2 Å². The fourth-order valence-electron chi connectivity index (χ4n) is 3.17. The molecule has 1 aromatic carbocycles. The van der Waals surface area contributed by atoms with E-state index in [9.17, 15) is 9.59 Å². The van der Waals surface area contributed by atoms with Gasteiger partial charge in [0.05, 0.1) is 0 Å². The van der Waals surface area contributed by atoms with Crippen LogP contribution in [0.2, 0.25) is 0 Å². The molecule has 0 spiro atoms. The van der Waals surface area contributed by atoms with E-state index < -0.39 is 0 Å². The Bertz CT molecular complexity index is 529. The number of hydrogen-bond acceptors (Lipinski definition) is 3. The van der Waals surface area contributed by atoms with Crippen LogP contribution in [0.4, 0.5) is 0 Å². The number of carbonyl (C=O) groups excluding carboxylic acids is 2. The van der Waals surface area contributed by atoms with Crippen molar-refractivity contribution in [3.05, 3.63) is 35.9 Å². The summed E-state index contributed by atoms with van der Waals surface area (Å²) in [5, 5.41) is 0. The van der Waals surface area contributed by atoms with Crippen LogP contribution < -0.4 is 0 Å². The topological polar surface area (TPSA) is 40.6 Å². The van der Waals surface area contributed by atoms with Gasteiger partial charge in [0.25, 0.3) is 5.91 Å². The second kappa shape index (κ2) is 7.18. The molecule has 2 aliphatic rings. The number of likely N-dealkylation sites (tertiary alicyclic amines) is 1. The van der Waals surface area contributed by atoms with Gasteiger partial charge in [0.2, 0.25) is 5.91 Å². The van der Waals surface area contributed by atoms with Crippen LogP contribution in [0.25, 0.3) is 0 Å². The van der Waals surface area contributed by atoms with Crippen molar-refractivity contribution in [2.75, 3.05) is 31.1 Å². The Labute approximate surface area is 135 Å². The van der Waals surface area contributed by atoms with Crippen LogP contribution in [0, 0.1) is 0 Å². The van der Waals surface area contributed by atoms with Gasteiger partial charge >= 0.3 is 0 Å². The molecular weight excluding hydrogens is 296 g/mol. The predicted molar refractivity (Wildman–Crippen MR) is 89.0 cm³/mol. The first kappa shape index (κ1) is 15.4. The van der Waals surface area contributed by atoms with Crippen molar-refractivity contribution in [2.45, 2.75) is 25.3 Å². The first-order valence-corrected chi connectivity index (χ1v) is 9.15. The lowest BCUT2D eigenvalue weighted by Gasteiger charge is -2.38. The molecule has 0 aromatic heterocycles. The number of carbonyl (C=O) groups is 2. The summed E-state index contributed by atoms with van der Waals surface area (Å²) in [5.41, 5.74) is 0.677. The minimum Gasteiger partial charge on any atom is -0.339 e. The number of hydrogen-bond donors (Lipinski definition) is 0. The van der Waals surface area contributed by atoms with Gasteiger partial charge in [-0.15, -0.1) is 0 Å². The first-order valence-electron chi connectivity index (χ1n) is 8.00. The molecule has 0 aliphatic carbocycles. The summed E-state index contributed by atoms with van der Waals surface area (Å²) in [6, 6.07) is 9.03. The number of benzene rings is 1. The molecule has 0 unspecified atom stereocenters. The van der Waals surface area contributed by atoms with Gasteiger partial charge in [-0.3, -0.25) is 9.59 Å². The van der Waals surface area contributed by atoms with Gasteiger partial charge in [0.1, 0.15) is 6.04 Å². The van der Waals surface area contributed by atoms with Crippen LogP contribution >= 0.6 is 11.8 Å². The Morgan fingerprint density at radius 3 is 2.45 bits per heavy atom. The summed E-state index contributed by atoms with van der Waals surface area (Å²) in [6.07, 6.45) is 2.80. The molecule has 2 heterocycles. The van der Waals surface area contributed by atoms with Gasteiger partial charge in [0.15, 0.2) is 0 Å². The van der Waals surface area contributed by atoms with Crippen LogP contribution in [-0.4, -0.2) is 58.8 Å². The molecule has 0 N–H and O–H groups in total. The van der Waals surface area contributed by atoms with E-state index in [1.807, 2.05) is 47.0 Å². The molecule has 0 radical (unpaired) electrons. The van der Waals surface area contributed by atoms with Crippen molar-refractivity contribution in [3.63, 3.8) is 0 Å². The molecule has 5 heteroatoms. The van der Waals surface area contributed by atoms with E-state index in [1.165, 1.54) is 0 Å². The quantitative estimate of drug-likeness (QED) is 0.840. The van der Waals surface area contributed by atoms with Gasteiger partial charge in [0, 0.05) is 36.7 Å². The van der Waals surface area contributed by atoms with Gasteiger partial charge in [-0.25, -0.2) is 0 Å². The molecule has 1 atom stereocenters. The lowest BCUT2D eigenvalue weighted by Crippen LogP contribution is -2.54. The minimum absolute atomic E-state index is 0.00923. The van der Waals surface area contributed by atoms with E-state index in [-0.39, 0.29) is 17.9 Å². The van der Waals surface area contributed by atoms with Gasteiger partial charge < -0.3 is 9.80 Å². The summed E-state index contributed by atoms with van der Waals surface area (Å²) in [5.74, 6) is 2.14. The average Bonchev–Trinajstić information content (AvgIpc) is 2.62. The van der Waals surface area contributed by atoms with E-state index in [0.717, 1.165) is 43.9 Å². The van der Waals surface area contributed by atoms with Crippen LogP contribution in [0.1, 0.15) is 29.6 Å². The van der Waals surface area contributed by atoms with Crippen LogP contribution in [0.3, 0.4) is 0 Å². The Balaban J connectivity index is 1.76. The lowest BCUT2D eigenvalue weighted by atomic mass is 9.99. The molecular formula is C17H22N2O2S. The van der Waals surface area contributed by atoms with Crippen molar-refractivity contribution in [1.82, 2.24) is 9.80 Å². The minimum atomic E-state index is -0.274. The van der Waals surface area contributed by atoms with Crippen molar-refractivity contribution in [2.24, 2.45) is 0 Å². The summed E-state index contributed by atoms with van der Waals surface area (Å²) in [7, 11) is 0. The zero-order valence-electron chi connectivity index (χ0n) is 12.7. The zero-order valence-corrected chi connectivity index (χ0v) is 13.6. The molecule has 3 rings (SSSR count). The molecule has 0 bridgehead atoms. The number of thioether (sulfide) groups is 1. The Morgan fingerprint density at radius 1 is 1.00 bits per heavy atom. The van der Waals surface area contributed by atoms with Crippen LogP contribution in [0.15, 0.2) is 30.3 Å². The highest BCUT2D eigenvalue weighted by Crippen LogP contribution is 2.22. The summed E-state index contributed by atoms with van der Waals surface area (Å²) >= 11 is 1.89. The maximum absolute atomic E-state index is 12.8. The monoisotopic (exact) mass is 318 g/mol. The number of piperidine rings is 1. The molecule has 118 valence electrons. The van der Waals surface area contributed by atoms with Crippen molar-refractivity contribution in [1.29, 1.82) is 0 Å². The van der Waals surface area contributed by atoms with E-state index in [0.29, 0.717) is 12.1 Å². The summed E-state index contributed by atoms with van der Waals surface area (Å²) in [6.45, 7) is 2.31. The number of rotatable bonds is 2. The molecule has 2 saturated heterocycles. The predicted octanol–water partition coefficient (Wildman–Crippen LogP) is 2.26. The highest BCUT2D eigenvalue weighted by Gasteiger charge is 2.35. The van der Waals surface area contributed by atoms with E-state index in [4.69, 9.17) is 0 Å². The molecule has 2 aliphatic heterocycles. The normalized spacial score (nSPS) is 22.5. The van der Waals surface area contributed by atoms with Gasteiger partial charge in [-0.2, -0.15) is 11.8 Å². The zero-order chi connectivity index (χ0) is 15.4. The molecule has 22 heavy (non-hydrogen) atoms. The maximum Gasteiger partial charge on any atom is 0.254 e. The van der Waals surface area contributed by atoms with Gasteiger partial charge in [-0.05, 0) is 31.4 Å². The van der Waals surface area contributed by atoms with Crippen LogP contribution in [-0.2, 0) is 4.79 Å². The SMILES string of the molecule is O=C([C@H]1CCCCN1C(=O)c1ccccc1)N1CCSCC1. The summed E-state index contributed by atoms with van der Waals surface area (Å²) < 4.78 is 0. The fourth-order valence-corrected chi connectivity index (χ4v) is 4.08. The third kappa shape index (κ3) is 3.29. The second-order valence-electron chi connectivity index (χ2n) is 5.81. The first-order chi connectivity index (χ1) is 10.8. The lowest BCUT2D eigenvalue weighted by molar-refractivity contribution is -0.136. The smallest absolute Gasteiger partial charge is 0.254 e. The molecule has 1 aromatic rings. The summed E-state index contributed by atoms with van der Waals surface area (Å²) in [4.78, 5) is 29.3. The van der Waals surface area contributed by atoms with E-state index in [2.05, 4.69) is 0 Å². The Kier molecular flexibility index (Phi) is 5.03. The highest BCUT2D eigenvalue weighted by molar-refractivity contribution is 7.99. The average molecular weight is 318 g/mol. The highest BCUT2D eigenvalue weighted by atomic mass is 32.2. The molecule has 0 saturated carbocycles. The van der Waals surface area contributed by atoms with Crippen molar-refractivity contribution < 1.29 is 9.59 Å². The number of amides is 2. The maximum atomic E-state index is 12.8. The fraction of sp³-hybridized carbons (Fsp3) is 0.529. The standard InChI is InChI=1S/C17H22N2O2S/c20-16(14-6-2-1-3-7-14)19-9-5-4-8-15(19)17(21)18-10-12-22-13-11-18/h1-3,6-7,15H,4-5,8-13H2/t15-/m1/s1. The Morgan fingerprint density at radius 2 is 1.73 bits per heavy atom. The van der Waals surface area contributed by atoms with E-state index >= 15 is 0 Å². The van der Waals surface area contributed by atoms with Crippen LogP contribution in [0.5, 0.6) is 0 Å². The van der Waals surface area contributed by atoms with Crippen molar-refractivity contribution >= 4 is 23.6 Å². The molecule has 2 amide bonds. The second-order valence-corrected chi connectivity index (χ2v) is 7.04. The Hall–Kier alpha value is -1.49. The third-order valence-electron chi connectivity index (χ3n) is 4.39. The largest absolute Gasteiger partial charge is 0.339 e.